The Kier molecular flexibility index (Phi) is 5.39. The lowest BCUT2D eigenvalue weighted by Gasteiger charge is -2.11. The zero-order valence-electron chi connectivity index (χ0n) is 11.8. The van der Waals surface area contributed by atoms with Crippen molar-refractivity contribution in [3.8, 4) is 16.9 Å². The number of aromatic nitrogens is 1. The summed E-state index contributed by atoms with van der Waals surface area (Å²) in [5.74, 6) is 0.791. The van der Waals surface area contributed by atoms with Gasteiger partial charge in [-0.05, 0) is 42.8 Å². The highest BCUT2D eigenvalue weighted by Crippen LogP contribution is 2.28. The smallest absolute Gasteiger partial charge is 0.138 e. The van der Waals surface area contributed by atoms with Gasteiger partial charge in [-0.2, -0.15) is 0 Å². The van der Waals surface area contributed by atoms with Crippen molar-refractivity contribution in [1.29, 1.82) is 0 Å². The van der Waals surface area contributed by atoms with E-state index in [-0.39, 0.29) is 0 Å². The van der Waals surface area contributed by atoms with Gasteiger partial charge in [0.25, 0.3) is 0 Å². The number of ether oxygens (including phenoxy) is 1. The number of nitrogens with zero attached hydrogens (tertiary/aromatic N) is 1. The molecule has 0 unspecified atom stereocenters. The third-order valence-corrected chi connectivity index (χ3v) is 3.17. The van der Waals surface area contributed by atoms with Crippen LogP contribution in [0.2, 0.25) is 5.02 Å². The summed E-state index contributed by atoms with van der Waals surface area (Å²) in [6.45, 7) is 3.57. The van der Waals surface area contributed by atoms with Crippen molar-refractivity contribution in [2.75, 3.05) is 13.7 Å². The number of nitrogens with one attached hydrogen (secondary N) is 1. The van der Waals surface area contributed by atoms with Gasteiger partial charge in [0.15, 0.2) is 0 Å². The summed E-state index contributed by atoms with van der Waals surface area (Å²) in [6.07, 6.45) is 4.55. The molecular weight excluding hydrogens is 272 g/mol. The summed E-state index contributed by atoms with van der Waals surface area (Å²) < 4.78 is 5.64. The number of hydrogen-bond acceptors (Lipinski definition) is 3. The Morgan fingerprint density at radius 2 is 2.10 bits per heavy atom. The van der Waals surface area contributed by atoms with Crippen LogP contribution in [0, 0.1) is 0 Å². The third-order valence-electron chi connectivity index (χ3n) is 2.94. The maximum absolute atomic E-state index is 6.12. The van der Waals surface area contributed by atoms with Crippen molar-refractivity contribution < 1.29 is 4.74 Å². The molecule has 1 heterocycles. The van der Waals surface area contributed by atoms with Crippen LogP contribution in [0.1, 0.15) is 18.9 Å². The van der Waals surface area contributed by atoms with Crippen LogP contribution in [-0.2, 0) is 6.54 Å². The summed E-state index contributed by atoms with van der Waals surface area (Å²) in [5, 5.41) is 3.89. The number of halogens is 1. The van der Waals surface area contributed by atoms with Crippen LogP contribution in [0.3, 0.4) is 0 Å². The fourth-order valence-corrected chi connectivity index (χ4v) is 2.20. The quantitative estimate of drug-likeness (QED) is 0.876. The highest BCUT2D eigenvalue weighted by Gasteiger charge is 2.07. The molecule has 1 aromatic carbocycles. The van der Waals surface area contributed by atoms with E-state index >= 15 is 0 Å². The molecule has 20 heavy (non-hydrogen) atoms. The summed E-state index contributed by atoms with van der Waals surface area (Å²) in [5.41, 5.74) is 3.29. The van der Waals surface area contributed by atoms with Gasteiger partial charge in [-0.1, -0.05) is 24.6 Å². The largest absolute Gasteiger partial charge is 0.492 e. The molecule has 0 amide bonds. The highest BCUT2D eigenvalue weighted by atomic mass is 35.5. The average molecular weight is 291 g/mol. The number of pyridine rings is 1. The monoisotopic (exact) mass is 290 g/mol. The van der Waals surface area contributed by atoms with E-state index in [1.54, 1.807) is 6.20 Å². The van der Waals surface area contributed by atoms with Gasteiger partial charge in [0.2, 0.25) is 0 Å². The second-order valence-corrected chi connectivity index (χ2v) is 5.03. The minimum absolute atomic E-state index is 0.698. The summed E-state index contributed by atoms with van der Waals surface area (Å²) >= 11 is 6.12. The minimum atomic E-state index is 0.698. The van der Waals surface area contributed by atoms with Crippen molar-refractivity contribution >= 4 is 11.6 Å². The lowest BCUT2D eigenvalue weighted by atomic mass is 10.0. The number of rotatable bonds is 6. The average Bonchev–Trinajstić information content (AvgIpc) is 2.47. The maximum atomic E-state index is 6.12. The van der Waals surface area contributed by atoms with E-state index in [1.165, 1.54) is 5.56 Å². The lowest BCUT2D eigenvalue weighted by molar-refractivity contribution is 0.316. The van der Waals surface area contributed by atoms with Crippen LogP contribution in [0.5, 0.6) is 5.75 Å². The van der Waals surface area contributed by atoms with Crippen molar-refractivity contribution in [2.45, 2.75) is 19.9 Å². The topological polar surface area (TPSA) is 34.1 Å². The van der Waals surface area contributed by atoms with Gasteiger partial charge < -0.3 is 10.1 Å². The van der Waals surface area contributed by atoms with E-state index in [1.807, 2.05) is 37.5 Å². The molecule has 0 aliphatic heterocycles. The van der Waals surface area contributed by atoms with Gasteiger partial charge >= 0.3 is 0 Å². The van der Waals surface area contributed by atoms with Crippen molar-refractivity contribution in [3.05, 3.63) is 47.2 Å². The second kappa shape index (κ2) is 7.27. The van der Waals surface area contributed by atoms with E-state index in [0.29, 0.717) is 6.61 Å². The molecule has 106 valence electrons. The Morgan fingerprint density at radius 1 is 1.25 bits per heavy atom. The molecule has 1 N–H and O–H groups in total. The van der Waals surface area contributed by atoms with E-state index in [2.05, 4.69) is 17.2 Å². The molecule has 0 aliphatic carbocycles. The van der Waals surface area contributed by atoms with Crippen molar-refractivity contribution in [3.63, 3.8) is 0 Å². The van der Waals surface area contributed by atoms with Crippen molar-refractivity contribution in [1.82, 2.24) is 10.3 Å². The Morgan fingerprint density at radius 3 is 2.85 bits per heavy atom. The molecular formula is C16H19ClN2O. The lowest BCUT2D eigenvalue weighted by Crippen LogP contribution is -2.06. The first kappa shape index (κ1) is 14.8. The predicted molar refractivity (Wildman–Crippen MR) is 83.2 cm³/mol. The molecule has 0 spiro atoms. The zero-order valence-corrected chi connectivity index (χ0v) is 12.6. The number of hydrogen-bond donors (Lipinski definition) is 1. The first-order chi connectivity index (χ1) is 9.74. The van der Waals surface area contributed by atoms with Gasteiger partial charge in [0.05, 0.1) is 12.8 Å². The zero-order chi connectivity index (χ0) is 14.4. The third kappa shape index (κ3) is 3.71. The van der Waals surface area contributed by atoms with Gasteiger partial charge in [0, 0.05) is 23.3 Å². The van der Waals surface area contributed by atoms with Crippen LogP contribution >= 0.6 is 11.6 Å². The molecule has 2 rings (SSSR count). The molecule has 0 radical (unpaired) electrons. The molecule has 0 aliphatic rings. The van der Waals surface area contributed by atoms with Crippen LogP contribution < -0.4 is 10.1 Å². The van der Waals surface area contributed by atoms with E-state index < -0.39 is 0 Å². The SMILES string of the molecule is CCCOc1cncc(-c2cc(Cl)ccc2CNC)c1. The van der Waals surface area contributed by atoms with Gasteiger partial charge in [0.1, 0.15) is 5.75 Å². The first-order valence-corrected chi connectivity index (χ1v) is 7.13. The van der Waals surface area contributed by atoms with E-state index in [0.717, 1.165) is 34.9 Å². The highest BCUT2D eigenvalue weighted by molar-refractivity contribution is 6.30. The number of benzene rings is 1. The summed E-state index contributed by atoms with van der Waals surface area (Å²) in [6, 6.07) is 7.92. The fraction of sp³-hybridized carbons (Fsp3) is 0.312. The molecule has 4 heteroatoms. The Hall–Kier alpha value is -1.58. The Balaban J connectivity index is 2.37. The molecule has 0 fully saturated rings. The summed E-state index contributed by atoms with van der Waals surface area (Å²) in [7, 11) is 1.93. The molecule has 0 saturated heterocycles. The molecule has 2 aromatic rings. The predicted octanol–water partition coefficient (Wildman–Crippen LogP) is 3.91. The normalized spacial score (nSPS) is 10.6. The second-order valence-electron chi connectivity index (χ2n) is 4.59. The van der Waals surface area contributed by atoms with Crippen LogP contribution in [0.4, 0.5) is 0 Å². The Bertz CT molecular complexity index is 572. The van der Waals surface area contributed by atoms with E-state index in [9.17, 15) is 0 Å². The molecule has 0 bridgehead atoms. The van der Waals surface area contributed by atoms with Crippen LogP contribution in [0.15, 0.2) is 36.7 Å². The van der Waals surface area contributed by atoms with Gasteiger partial charge in [-0.3, -0.25) is 4.98 Å². The standard InChI is InChI=1S/C16H19ClN2O/c1-3-6-20-15-7-13(10-19-11-15)16-8-14(17)5-4-12(16)9-18-2/h4-5,7-8,10-11,18H,3,6,9H2,1-2H3. The van der Waals surface area contributed by atoms with Crippen molar-refractivity contribution in [2.24, 2.45) is 0 Å². The molecule has 0 atom stereocenters. The van der Waals surface area contributed by atoms with E-state index in [4.69, 9.17) is 16.3 Å². The van der Waals surface area contributed by atoms with Crippen LogP contribution in [-0.4, -0.2) is 18.6 Å². The molecule has 1 aromatic heterocycles. The summed E-state index contributed by atoms with van der Waals surface area (Å²) in [4.78, 5) is 4.26. The van der Waals surface area contributed by atoms with Gasteiger partial charge in [-0.15, -0.1) is 0 Å². The fourth-order valence-electron chi connectivity index (χ4n) is 2.03. The molecule has 0 saturated carbocycles. The first-order valence-electron chi connectivity index (χ1n) is 6.76. The molecule has 3 nitrogen and oxygen atoms in total. The van der Waals surface area contributed by atoms with Gasteiger partial charge in [-0.25, -0.2) is 0 Å². The maximum Gasteiger partial charge on any atom is 0.138 e. The van der Waals surface area contributed by atoms with Crippen LogP contribution in [0.25, 0.3) is 11.1 Å². The minimum Gasteiger partial charge on any atom is -0.492 e. The Labute approximate surface area is 124 Å².